The average Bonchev–Trinajstić information content (AvgIpc) is 2.94. The monoisotopic (exact) mass is 210 g/mol. The van der Waals surface area contributed by atoms with Crippen molar-refractivity contribution in [3.63, 3.8) is 0 Å². The van der Waals surface area contributed by atoms with Gasteiger partial charge in [-0.2, -0.15) is 0 Å². The summed E-state index contributed by atoms with van der Waals surface area (Å²) in [6.07, 6.45) is 8.53. The van der Waals surface area contributed by atoms with Gasteiger partial charge in [-0.05, 0) is 58.5 Å². The van der Waals surface area contributed by atoms with Crippen LogP contribution in [0.2, 0.25) is 0 Å². The van der Waals surface area contributed by atoms with E-state index in [0.29, 0.717) is 0 Å². The molecule has 0 aliphatic heterocycles. The Morgan fingerprint density at radius 2 is 2.00 bits per heavy atom. The minimum atomic E-state index is 0.747. The third-order valence-corrected chi connectivity index (χ3v) is 4.10. The van der Waals surface area contributed by atoms with Gasteiger partial charge in [-0.25, -0.2) is 0 Å². The Morgan fingerprint density at radius 1 is 1.27 bits per heavy atom. The first-order valence-corrected chi connectivity index (χ1v) is 6.69. The number of rotatable bonds is 7. The van der Waals surface area contributed by atoms with Crippen molar-refractivity contribution in [1.82, 2.24) is 10.2 Å². The van der Waals surface area contributed by atoms with E-state index >= 15 is 0 Å². The van der Waals surface area contributed by atoms with E-state index in [2.05, 4.69) is 24.2 Å². The molecule has 0 bridgehead atoms. The van der Waals surface area contributed by atoms with Gasteiger partial charge in [0.15, 0.2) is 0 Å². The van der Waals surface area contributed by atoms with Crippen molar-refractivity contribution >= 4 is 0 Å². The predicted octanol–water partition coefficient (Wildman–Crippen LogP) is 2.25. The molecule has 2 aliphatic rings. The second kappa shape index (κ2) is 5.31. The molecule has 2 nitrogen and oxygen atoms in total. The molecule has 15 heavy (non-hydrogen) atoms. The van der Waals surface area contributed by atoms with Crippen LogP contribution in [-0.4, -0.2) is 37.1 Å². The Kier molecular flexibility index (Phi) is 4.04. The molecule has 88 valence electrons. The lowest BCUT2D eigenvalue weighted by Gasteiger charge is -2.33. The predicted molar refractivity (Wildman–Crippen MR) is 65.1 cm³/mol. The lowest BCUT2D eigenvalue weighted by Crippen LogP contribution is -2.37. The van der Waals surface area contributed by atoms with E-state index in [0.717, 1.165) is 18.0 Å². The van der Waals surface area contributed by atoms with Crippen LogP contribution in [0.15, 0.2) is 0 Å². The molecule has 2 saturated carbocycles. The lowest BCUT2D eigenvalue weighted by molar-refractivity contribution is 0.164. The average molecular weight is 210 g/mol. The molecule has 0 aromatic rings. The van der Waals surface area contributed by atoms with Crippen LogP contribution in [0, 0.1) is 5.92 Å². The molecule has 0 heterocycles. The number of hydrogen-bond donors (Lipinski definition) is 1. The van der Waals surface area contributed by atoms with E-state index in [4.69, 9.17) is 0 Å². The van der Waals surface area contributed by atoms with E-state index in [-0.39, 0.29) is 0 Å². The van der Waals surface area contributed by atoms with Gasteiger partial charge in [-0.15, -0.1) is 0 Å². The van der Waals surface area contributed by atoms with Crippen LogP contribution in [-0.2, 0) is 0 Å². The molecule has 0 radical (unpaired) electrons. The molecule has 1 atom stereocenters. The van der Waals surface area contributed by atoms with Crippen LogP contribution >= 0.6 is 0 Å². The SMILES string of the molecule is CC(CCNC1CC1)N(C)CC1CCC1. The van der Waals surface area contributed by atoms with Crippen molar-refractivity contribution < 1.29 is 0 Å². The number of nitrogens with zero attached hydrogens (tertiary/aromatic N) is 1. The molecule has 1 unspecified atom stereocenters. The van der Waals surface area contributed by atoms with E-state index in [1.165, 1.54) is 51.6 Å². The zero-order chi connectivity index (χ0) is 10.7. The van der Waals surface area contributed by atoms with Crippen molar-refractivity contribution in [1.29, 1.82) is 0 Å². The fraction of sp³-hybridized carbons (Fsp3) is 1.00. The maximum Gasteiger partial charge on any atom is 0.00760 e. The second-order valence-corrected chi connectivity index (χ2v) is 5.60. The first-order valence-electron chi connectivity index (χ1n) is 6.69. The maximum atomic E-state index is 3.60. The second-order valence-electron chi connectivity index (χ2n) is 5.60. The van der Waals surface area contributed by atoms with E-state index < -0.39 is 0 Å². The van der Waals surface area contributed by atoms with Crippen LogP contribution in [0.5, 0.6) is 0 Å². The number of hydrogen-bond acceptors (Lipinski definition) is 2. The van der Waals surface area contributed by atoms with Crippen LogP contribution in [0.4, 0.5) is 0 Å². The topological polar surface area (TPSA) is 15.3 Å². The van der Waals surface area contributed by atoms with Crippen molar-refractivity contribution in [3.05, 3.63) is 0 Å². The van der Waals surface area contributed by atoms with Gasteiger partial charge >= 0.3 is 0 Å². The zero-order valence-corrected chi connectivity index (χ0v) is 10.3. The van der Waals surface area contributed by atoms with E-state index in [1.807, 2.05) is 0 Å². The van der Waals surface area contributed by atoms with Crippen molar-refractivity contribution in [3.8, 4) is 0 Å². The van der Waals surface area contributed by atoms with Crippen molar-refractivity contribution in [2.45, 2.75) is 57.5 Å². The summed E-state index contributed by atoms with van der Waals surface area (Å²) in [6.45, 7) is 4.90. The molecule has 0 spiro atoms. The summed E-state index contributed by atoms with van der Waals surface area (Å²) in [4.78, 5) is 2.55. The van der Waals surface area contributed by atoms with Gasteiger partial charge in [-0.3, -0.25) is 0 Å². The van der Waals surface area contributed by atoms with Crippen LogP contribution in [0.3, 0.4) is 0 Å². The molecule has 0 saturated heterocycles. The summed E-state index contributed by atoms with van der Waals surface area (Å²) in [7, 11) is 2.29. The Morgan fingerprint density at radius 3 is 2.53 bits per heavy atom. The first kappa shape index (κ1) is 11.4. The molecule has 0 aromatic heterocycles. The third-order valence-electron chi connectivity index (χ3n) is 4.10. The summed E-state index contributed by atoms with van der Waals surface area (Å²) < 4.78 is 0. The molecule has 2 heteroatoms. The lowest BCUT2D eigenvalue weighted by atomic mass is 9.85. The molecular formula is C13H26N2. The highest BCUT2D eigenvalue weighted by Crippen LogP contribution is 2.27. The smallest absolute Gasteiger partial charge is 0.00760 e. The standard InChI is InChI=1S/C13H26N2/c1-11(8-9-14-13-6-7-13)15(2)10-12-4-3-5-12/h11-14H,3-10H2,1-2H3. The van der Waals surface area contributed by atoms with Crippen molar-refractivity contribution in [2.75, 3.05) is 20.1 Å². The number of nitrogens with one attached hydrogen (secondary N) is 1. The Hall–Kier alpha value is -0.0800. The summed E-state index contributed by atoms with van der Waals surface area (Å²) >= 11 is 0. The molecule has 0 amide bonds. The molecular weight excluding hydrogens is 184 g/mol. The van der Waals surface area contributed by atoms with Crippen molar-refractivity contribution in [2.24, 2.45) is 5.92 Å². The highest BCUT2D eigenvalue weighted by Gasteiger charge is 2.22. The van der Waals surface area contributed by atoms with Gasteiger partial charge in [-0.1, -0.05) is 6.42 Å². The van der Waals surface area contributed by atoms with Gasteiger partial charge < -0.3 is 10.2 Å². The van der Waals surface area contributed by atoms with Gasteiger partial charge in [0, 0.05) is 18.6 Å². The first-order chi connectivity index (χ1) is 7.25. The van der Waals surface area contributed by atoms with Gasteiger partial charge in [0.1, 0.15) is 0 Å². The van der Waals surface area contributed by atoms with Crippen LogP contribution in [0.1, 0.15) is 45.4 Å². The zero-order valence-electron chi connectivity index (χ0n) is 10.3. The van der Waals surface area contributed by atoms with Crippen LogP contribution < -0.4 is 5.32 Å². The molecule has 2 fully saturated rings. The van der Waals surface area contributed by atoms with Gasteiger partial charge in [0.2, 0.25) is 0 Å². The Balaban J connectivity index is 1.53. The third kappa shape index (κ3) is 3.76. The van der Waals surface area contributed by atoms with E-state index in [9.17, 15) is 0 Å². The Bertz CT molecular complexity index is 185. The van der Waals surface area contributed by atoms with Gasteiger partial charge in [0.25, 0.3) is 0 Å². The molecule has 2 aliphatic carbocycles. The fourth-order valence-corrected chi connectivity index (χ4v) is 2.27. The highest BCUT2D eigenvalue weighted by molar-refractivity contribution is 4.81. The van der Waals surface area contributed by atoms with E-state index in [1.54, 1.807) is 0 Å². The minimum absolute atomic E-state index is 0.747. The maximum absolute atomic E-state index is 3.60. The minimum Gasteiger partial charge on any atom is -0.314 e. The largest absolute Gasteiger partial charge is 0.314 e. The summed E-state index contributed by atoms with van der Waals surface area (Å²) in [5.74, 6) is 1.01. The quantitative estimate of drug-likeness (QED) is 0.693. The fourth-order valence-electron chi connectivity index (χ4n) is 2.27. The summed E-state index contributed by atoms with van der Waals surface area (Å²) in [5.41, 5.74) is 0. The molecule has 1 N–H and O–H groups in total. The summed E-state index contributed by atoms with van der Waals surface area (Å²) in [5, 5.41) is 3.60. The Labute approximate surface area is 94.4 Å². The van der Waals surface area contributed by atoms with Crippen LogP contribution in [0.25, 0.3) is 0 Å². The molecule has 0 aromatic carbocycles. The van der Waals surface area contributed by atoms with Gasteiger partial charge in [0.05, 0.1) is 0 Å². The highest BCUT2D eigenvalue weighted by atomic mass is 15.1. The normalized spacial score (nSPS) is 24.2. The summed E-state index contributed by atoms with van der Waals surface area (Å²) in [6, 6.07) is 1.62. The molecule has 2 rings (SSSR count).